The maximum atomic E-state index is 10.8. The molecule has 0 spiro atoms. The van der Waals surface area contributed by atoms with Crippen molar-refractivity contribution in [2.75, 3.05) is 19.8 Å². The van der Waals surface area contributed by atoms with Crippen LogP contribution in [0.3, 0.4) is 0 Å². The highest BCUT2D eigenvalue weighted by atomic mass is 16.5. The summed E-state index contributed by atoms with van der Waals surface area (Å²) >= 11 is 0. The summed E-state index contributed by atoms with van der Waals surface area (Å²) in [5.41, 5.74) is 5.16. The van der Waals surface area contributed by atoms with Crippen molar-refractivity contribution in [1.82, 2.24) is 5.32 Å². The normalized spacial score (nSPS) is 13.2. The zero-order chi connectivity index (χ0) is 10.3. The number of ether oxygens (including phenoxy) is 1. The molecule has 0 bridgehead atoms. The minimum absolute atomic E-state index is 0.356. The Bertz CT molecular complexity index is 149. The summed E-state index contributed by atoms with van der Waals surface area (Å²) in [5.74, 6) is 0.126. The van der Waals surface area contributed by atoms with Crippen molar-refractivity contribution >= 4 is 5.91 Å². The Kier molecular flexibility index (Phi) is 6.54. The highest BCUT2D eigenvalue weighted by Crippen LogP contribution is 1.93. The quantitative estimate of drug-likeness (QED) is 0.596. The molecule has 1 atom stereocenters. The third-order valence-corrected chi connectivity index (χ3v) is 1.53. The summed E-state index contributed by atoms with van der Waals surface area (Å²) in [4.78, 5) is 10.8. The fraction of sp³-hybridized carbons (Fsp3) is 0.889. The van der Waals surface area contributed by atoms with Crippen molar-refractivity contribution in [2.24, 2.45) is 11.7 Å². The van der Waals surface area contributed by atoms with Gasteiger partial charge in [0.15, 0.2) is 0 Å². The fourth-order valence-electron chi connectivity index (χ4n) is 0.910. The maximum absolute atomic E-state index is 10.8. The van der Waals surface area contributed by atoms with Crippen LogP contribution in [0.1, 0.15) is 20.8 Å². The zero-order valence-corrected chi connectivity index (χ0v) is 8.67. The average molecular weight is 188 g/mol. The standard InChI is InChI=1S/C9H20N2O2/c1-4-11-8(9(10)12)6-13-5-7(2)3/h7-8,11H,4-6H2,1-3H3,(H2,10,12). The van der Waals surface area contributed by atoms with Gasteiger partial charge in [-0.3, -0.25) is 4.79 Å². The Hall–Kier alpha value is -0.610. The van der Waals surface area contributed by atoms with Crippen LogP contribution in [0.2, 0.25) is 0 Å². The molecule has 78 valence electrons. The van der Waals surface area contributed by atoms with Gasteiger partial charge in [0.2, 0.25) is 5.91 Å². The van der Waals surface area contributed by atoms with E-state index in [-0.39, 0.29) is 11.9 Å². The van der Waals surface area contributed by atoms with Gasteiger partial charge in [0.25, 0.3) is 0 Å². The van der Waals surface area contributed by atoms with Gasteiger partial charge in [-0.25, -0.2) is 0 Å². The van der Waals surface area contributed by atoms with E-state index in [1.807, 2.05) is 6.92 Å². The molecule has 3 N–H and O–H groups in total. The minimum atomic E-state index is -0.358. The number of nitrogens with two attached hydrogens (primary N) is 1. The zero-order valence-electron chi connectivity index (χ0n) is 8.67. The van der Waals surface area contributed by atoms with Crippen LogP contribution in [-0.2, 0) is 9.53 Å². The highest BCUT2D eigenvalue weighted by molar-refractivity contribution is 5.79. The first-order valence-corrected chi connectivity index (χ1v) is 4.68. The highest BCUT2D eigenvalue weighted by Gasteiger charge is 2.13. The predicted molar refractivity (Wildman–Crippen MR) is 52.3 cm³/mol. The second-order valence-corrected chi connectivity index (χ2v) is 3.44. The van der Waals surface area contributed by atoms with Crippen molar-refractivity contribution in [3.8, 4) is 0 Å². The summed E-state index contributed by atoms with van der Waals surface area (Å²) < 4.78 is 5.31. The number of nitrogens with one attached hydrogen (secondary N) is 1. The van der Waals surface area contributed by atoms with Gasteiger partial charge < -0.3 is 15.8 Å². The number of hydrogen-bond donors (Lipinski definition) is 2. The first-order chi connectivity index (χ1) is 6.07. The lowest BCUT2D eigenvalue weighted by Gasteiger charge is -2.15. The molecule has 0 aromatic carbocycles. The monoisotopic (exact) mass is 188 g/mol. The molecule has 13 heavy (non-hydrogen) atoms. The number of carbonyl (C=O) groups is 1. The van der Waals surface area contributed by atoms with Gasteiger partial charge in [-0.2, -0.15) is 0 Å². The summed E-state index contributed by atoms with van der Waals surface area (Å²) in [6, 6.07) is -0.358. The number of carbonyl (C=O) groups excluding carboxylic acids is 1. The van der Waals surface area contributed by atoms with Gasteiger partial charge in [0.05, 0.1) is 6.61 Å². The lowest BCUT2D eigenvalue weighted by atomic mass is 10.2. The Morgan fingerprint density at radius 1 is 1.46 bits per heavy atom. The molecule has 0 aliphatic carbocycles. The van der Waals surface area contributed by atoms with Crippen molar-refractivity contribution in [1.29, 1.82) is 0 Å². The van der Waals surface area contributed by atoms with Crippen LogP contribution < -0.4 is 11.1 Å². The minimum Gasteiger partial charge on any atom is -0.379 e. The maximum Gasteiger partial charge on any atom is 0.236 e. The SMILES string of the molecule is CCNC(COCC(C)C)C(N)=O. The van der Waals surface area contributed by atoms with Gasteiger partial charge in [-0.15, -0.1) is 0 Å². The molecule has 0 heterocycles. The number of hydrogen-bond acceptors (Lipinski definition) is 3. The molecule has 0 saturated carbocycles. The van der Waals surface area contributed by atoms with E-state index in [1.54, 1.807) is 0 Å². The van der Waals surface area contributed by atoms with Gasteiger partial charge in [-0.1, -0.05) is 20.8 Å². The largest absolute Gasteiger partial charge is 0.379 e. The molecule has 0 aromatic heterocycles. The molecule has 4 nitrogen and oxygen atoms in total. The Labute approximate surface area is 79.8 Å². The third-order valence-electron chi connectivity index (χ3n) is 1.53. The molecule has 1 amide bonds. The lowest BCUT2D eigenvalue weighted by molar-refractivity contribution is -0.121. The third kappa shape index (κ3) is 6.54. The van der Waals surface area contributed by atoms with E-state index in [1.165, 1.54) is 0 Å². The van der Waals surface area contributed by atoms with E-state index in [9.17, 15) is 4.79 Å². The van der Waals surface area contributed by atoms with Gasteiger partial charge in [-0.05, 0) is 12.5 Å². The fourth-order valence-corrected chi connectivity index (χ4v) is 0.910. The molecule has 0 saturated heterocycles. The van der Waals surface area contributed by atoms with Gasteiger partial charge in [0.1, 0.15) is 6.04 Å². The van der Waals surface area contributed by atoms with E-state index >= 15 is 0 Å². The topological polar surface area (TPSA) is 64.3 Å². The van der Waals surface area contributed by atoms with E-state index in [4.69, 9.17) is 10.5 Å². The van der Waals surface area contributed by atoms with Crippen LogP contribution in [-0.4, -0.2) is 31.7 Å². The van der Waals surface area contributed by atoms with E-state index in [2.05, 4.69) is 19.2 Å². The van der Waals surface area contributed by atoms with Gasteiger partial charge in [0, 0.05) is 6.61 Å². The molecule has 0 aliphatic heterocycles. The summed E-state index contributed by atoms with van der Waals surface area (Å²) in [6.45, 7) is 7.80. The molecule has 0 fully saturated rings. The van der Waals surface area contributed by atoms with Crippen molar-refractivity contribution < 1.29 is 9.53 Å². The molecule has 0 rings (SSSR count). The van der Waals surface area contributed by atoms with Crippen molar-refractivity contribution in [2.45, 2.75) is 26.8 Å². The Balaban J connectivity index is 3.63. The summed E-state index contributed by atoms with van der Waals surface area (Å²) in [7, 11) is 0. The van der Waals surface area contributed by atoms with Crippen LogP contribution >= 0.6 is 0 Å². The van der Waals surface area contributed by atoms with Crippen molar-refractivity contribution in [3.63, 3.8) is 0 Å². The first kappa shape index (κ1) is 12.4. The molecule has 1 unspecified atom stereocenters. The van der Waals surface area contributed by atoms with Crippen molar-refractivity contribution in [3.05, 3.63) is 0 Å². The number of amides is 1. The van der Waals surface area contributed by atoms with Crippen LogP contribution in [0.15, 0.2) is 0 Å². The smallest absolute Gasteiger partial charge is 0.236 e. The van der Waals surface area contributed by atoms with E-state index < -0.39 is 0 Å². The molecule has 0 radical (unpaired) electrons. The molecule has 0 aliphatic rings. The van der Waals surface area contributed by atoms with Gasteiger partial charge >= 0.3 is 0 Å². The summed E-state index contributed by atoms with van der Waals surface area (Å²) in [5, 5.41) is 2.96. The predicted octanol–water partition coefficient (Wildman–Crippen LogP) is 0.122. The first-order valence-electron chi connectivity index (χ1n) is 4.68. The number of likely N-dealkylation sites (N-methyl/N-ethyl adjacent to an activating group) is 1. The van der Waals surface area contributed by atoms with Crippen LogP contribution in [0.25, 0.3) is 0 Å². The second kappa shape index (κ2) is 6.86. The van der Waals surface area contributed by atoms with Crippen LogP contribution in [0, 0.1) is 5.92 Å². The average Bonchev–Trinajstić information content (AvgIpc) is 2.02. The van der Waals surface area contributed by atoms with E-state index in [0.717, 1.165) is 6.54 Å². The Morgan fingerprint density at radius 2 is 2.08 bits per heavy atom. The number of primary amides is 1. The van der Waals surface area contributed by atoms with Crippen LogP contribution in [0.4, 0.5) is 0 Å². The molecule has 0 aromatic rings. The lowest BCUT2D eigenvalue weighted by Crippen LogP contribution is -2.44. The molecule has 4 heteroatoms. The molecular formula is C9H20N2O2. The Morgan fingerprint density at radius 3 is 2.46 bits per heavy atom. The van der Waals surface area contributed by atoms with Crippen LogP contribution in [0.5, 0.6) is 0 Å². The molecular weight excluding hydrogens is 168 g/mol. The number of rotatable bonds is 7. The summed E-state index contributed by atoms with van der Waals surface area (Å²) in [6.07, 6.45) is 0. The van der Waals surface area contributed by atoms with E-state index in [0.29, 0.717) is 19.1 Å². The second-order valence-electron chi connectivity index (χ2n) is 3.44.